The van der Waals surface area contributed by atoms with Gasteiger partial charge in [-0.25, -0.2) is 9.59 Å². The number of ether oxygens (including phenoxy) is 3. The predicted octanol–water partition coefficient (Wildman–Crippen LogP) is 3.79. The predicted molar refractivity (Wildman–Crippen MR) is 93.7 cm³/mol. The molecule has 0 aromatic heterocycles. The lowest BCUT2D eigenvalue weighted by atomic mass is 10.2. The summed E-state index contributed by atoms with van der Waals surface area (Å²) in [6.07, 6.45) is 2.62. The molecule has 25 heavy (non-hydrogen) atoms. The molecular formula is C20H20O5. The molecule has 0 fully saturated rings. The number of carbonyl (C=O) groups is 2. The zero-order valence-corrected chi connectivity index (χ0v) is 13.9. The fourth-order valence-electron chi connectivity index (χ4n) is 1.97. The monoisotopic (exact) mass is 340 g/mol. The number of hydrogen-bond donors (Lipinski definition) is 0. The molecule has 0 aliphatic carbocycles. The van der Waals surface area contributed by atoms with Crippen LogP contribution < -0.4 is 9.47 Å². The molecule has 0 heterocycles. The van der Waals surface area contributed by atoms with Crippen LogP contribution in [0.2, 0.25) is 0 Å². The molecule has 2 aromatic rings. The van der Waals surface area contributed by atoms with Gasteiger partial charge in [-0.3, -0.25) is 0 Å². The maximum absolute atomic E-state index is 11.9. The van der Waals surface area contributed by atoms with E-state index in [1.807, 2.05) is 6.07 Å². The van der Waals surface area contributed by atoms with Gasteiger partial charge in [0.2, 0.25) is 0 Å². The van der Waals surface area contributed by atoms with Crippen molar-refractivity contribution in [2.24, 2.45) is 0 Å². The van der Waals surface area contributed by atoms with Gasteiger partial charge in [0.25, 0.3) is 0 Å². The molecular weight excluding hydrogens is 320 g/mol. The second-order valence-electron chi connectivity index (χ2n) is 5.15. The normalized spacial score (nSPS) is 9.92. The van der Waals surface area contributed by atoms with Gasteiger partial charge in [-0.2, -0.15) is 0 Å². The Morgan fingerprint density at radius 1 is 0.880 bits per heavy atom. The van der Waals surface area contributed by atoms with Gasteiger partial charge in [0, 0.05) is 6.08 Å². The average molecular weight is 340 g/mol. The molecule has 0 atom stereocenters. The van der Waals surface area contributed by atoms with Crippen LogP contribution in [0.3, 0.4) is 0 Å². The van der Waals surface area contributed by atoms with Gasteiger partial charge in [0.15, 0.2) is 0 Å². The maximum Gasteiger partial charge on any atom is 0.343 e. The van der Waals surface area contributed by atoms with Crippen LogP contribution >= 0.6 is 0 Å². The second-order valence-corrected chi connectivity index (χ2v) is 5.15. The highest BCUT2D eigenvalue weighted by molar-refractivity contribution is 5.90. The summed E-state index contributed by atoms with van der Waals surface area (Å²) in [6, 6.07) is 15.7. The highest BCUT2D eigenvalue weighted by Gasteiger charge is 2.07. The lowest BCUT2D eigenvalue weighted by molar-refractivity contribution is -0.137. The lowest BCUT2D eigenvalue weighted by Gasteiger charge is -2.08. The van der Waals surface area contributed by atoms with Gasteiger partial charge in [-0.15, -0.1) is 0 Å². The Morgan fingerprint density at radius 3 is 2.20 bits per heavy atom. The van der Waals surface area contributed by atoms with E-state index in [-0.39, 0.29) is 0 Å². The molecule has 0 unspecified atom stereocenters. The third kappa shape index (κ3) is 6.51. The van der Waals surface area contributed by atoms with E-state index in [0.717, 1.165) is 12.5 Å². The van der Waals surface area contributed by atoms with Gasteiger partial charge in [-0.05, 0) is 49.2 Å². The molecule has 5 nitrogen and oxygen atoms in total. The van der Waals surface area contributed by atoms with Crippen molar-refractivity contribution in [2.75, 3.05) is 13.2 Å². The highest BCUT2D eigenvalue weighted by atomic mass is 16.5. The molecule has 0 aliphatic rings. The summed E-state index contributed by atoms with van der Waals surface area (Å²) in [4.78, 5) is 22.8. The van der Waals surface area contributed by atoms with E-state index in [9.17, 15) is 9.59 Å². The Balaban J connectivity index is 1.70. The highest BCUT2D eigenvalue weighted by Crippen LogP contribution is 2.19. The zero-order chi connectivity index (χ0) is 17.9. The van der Waals surface area contributed by atoms with Crippen LogP contribution in [0.15, 0.2) is 67.3 Å². The van der Waals surface area contributed by atoms with Gasteiger partial charge in [0.05, 0.1) is 18.8 Å². The summed E-state index contributed by atoms with van der Waals surface area (Å²) < 4.78 is 15.7. The molecule has 0 spiro atoms. The third-order valence-corrected chi connectivity index (χ3v) is 3.26. The van der Waals surface area contributed by atoms with Crippen molar-refractivity contribution in [2.45, 2.75) is 12.8 Å². The summed E-state index contributed by atoms with van der Waals surface area (Å²) in [5.74, 6) is 0.324. The molecule has 0 amide bonds. The van der Waals surface area contributed by atoms with Crippen LogP contribution in [-0.2, 0) is 9.53 Å². The minimum Gasteiger partial charge on any atom is -0.494 e. The summed E-state index contributed by atoms with van der Waals surface area (Å²) in [7, 11) is 0. The van der Waals surface area contributed by atoms with Crippen LogP contribution in [0.4, 0.5) is 0 Å². The van der Waals surface area contributed by atoms with E-state index in [1.54, 1.807) is 48.5 Å². The third-order valence-electron chi connectivity index (χ3n) is 3.26. The first kappa shape index (κ1) is 18.3. The Hall–Kier alpha value is -3.08. The molecule has 2 rings (SSSR count). The van der Waals surface area contributed by atoms with Gasteiger partial charge >= 0.3 is 11.9 Å². The van der Waals surface area contributed by atoms with E-state index in [0.29, 0.717) is 36.7 Å². The molecule has 0 saturated heterocycles. The molecule has 0 saturated carbocycles. The minimum absolute atomic E-state index is 0.350. The molecule has 0 aliphatic heterocycles. The molecule has 5 heteroatoms. The van der Waals surface area contributed by atoms with E-state index in [4.69, 9.17) is 14.2 Å². The fourth-order valence-corrected chi connectivity index (χ4v) is 1.97. The Bertz CT molecular complexity index is 692. The average Bonchev–Trinajstić information content (AvgIpc) is 2.66. The Labute approximate surface area is 146 Å². The van der Waals surface area contributed by atoms with Crippen molar-refractivity contribution >= 4 is 11.9 Å². The smallest absolute Gasteiger partial charge is 0.343 e. The number of benzene rings is 2. The van der Waals surface area contributed by atoms with Gasteiger partial charge in [-0.1, -0.05) is 24.8 Å². The Morgan fingerprint density at radius 2 is 1.52 bits per heavy atom. The van der Waals surface area contributed by atoms with Crippen LogP contribution in [0, 0.1) is 0 Å². The van der Waals surface area contributed by atoms with Crippen LogP contribution in [0.5, 0.6) is 11.5 Å². The van der Waals surface area contributed by atoms with Crippen molar-refractivity contribution in [3.05, 3.63) is 72.8 Å². The number of hydrogen-bond acceptors (Lipinski definition) is 5. The van der Waals surface area contributed by atoms with Gasteiger partial charge in [0.1, 0.15) is 11.5 Å². The first-order valence-electron chi connectivity index (χ1n) is 7.98. The standard InChI is InChI=1S/C20H20O5/c1-2-19(21)24-15-7-6-14-23-17-10-12-18(13-11-17)25-20(22)16-8-4-3-5-9-16/h2-5,8-13H,1,6-7,14-15H2. The number of unbranched alkanes of at least 4 members (excludes halogenated alkanes) is 1. The van der Waals surface area contributed by atoms with Crippen LogP contribution in [0.1, 0.15) is 23.2 Å². The molecule has 2 aromatic carbocycles. The topological polar surface area (TPSA) is 61.8 Å². The van der Waals surface area contributed by atoms with Crippen molar-refractivity contribution in [1.82, 2.24) is 0 Å². The van der Waals surface area contributed by atoms with Crippen molar-refractivity contribution < 1.29 is 23.8 Å². The van der Waals surface area contributed by atoms with E-state index in [2.05, 4.69) is 6.58 Å². The summed E-state index contributed by atoms with van der Waals surface area (Å²) in [6.45, 7) is 4.19. The number of esters is 2. The van der Waals surface area contributed by atoms with Gasteiger partial charge < -0.3 is 14.2 Å². The summed E-state index contributed by atoms with van der Waals surface area (Å²) in [5, 5.41) is 0. The Kier molecular flexibility index (Phi) is 7.25. The van der Waals surface area contributed by atoms with Crippen LogP contribution in [0.25, 0.3) is 0 Å². The molecule has 0 radical (unpaired) electrons. The number of carbonyl (C=O) groups excluding carboxylic acids is 2. The summed E-state index contributed by atoms with van der Waals surface area (Å²) in [5.41, 5.74) is 0.500. The lowest BCUT2D eigenvalue weighted by Crippen LogP contribution is -2.08. The van der Waals surface area contributed by atoms with E-state index >= 15 is 0 Å². The second kappa shape index (κ2) is 9.93. The van der Waals surface area contributed by atoms with Crippen molar-refractivity contribution in [3.8, 4) is 11.5 Å². The number of rotatable bonds is 9. The zero-order valence-electron chi connectivity index (χ0n) is 13.9. The molecule has 0 N–H and O–H groups in total. The van der Waals surface area contributed by atoms with E-state index < -0.39 is 11.9 Å². The maximum atomic E-state index is 11.9. The first-order chi connectivity index (χ1) is 12.2. The quantitative estimate of drug-likeness (QED) is 0.301. The van der Waals surface area contributed by atoms with Crippen molar-refractivity contribution in [3.63, 3.8) is 0 Å². The first-order valence-corrected chi connectivity index (χ1v) is 7.98. The minimum atomic E-state index is -0.415. The van der Waals surface area contributed by atoms with Crippen LogP contribution in [-0.4, -0.2) is 25.2 Å². The SMILES string of the molecule is C=CC(=O)OCCCCOc1ccc(OC(=O)c2ccccc2)cc1. The fraction of sp³-hybridized carbons (Fsp3) is 0.200. The van der Waals surface area contributed by atoms with E-state index in [1.165, 1.54) is 0 Å². The van der Waals surface area contributed by atoms with Crippen molar-refractivity contribution in [1.29, 1.82) is 0 Å². The molecule has 130 valence electrons. The molecule has 0 bridgehead atoms. The summed E-state index contributed by atoms with van der Waals surface area (Å²) >= 11 is 0. The largest absolute Gasteiger partial charge is 0.494 e.